The highest BCUT2D eigenvalue weighted by Crippen LogP contribution is 2.37. The monoisotopic (exact) mass is 444 g/mol. The summed E-state index contributed by atoms with van der Waals surface area (Å²) in [4.78, 5) is 1.35. The molecule has 0 bridgehead atoms. The van der Waals surface area contributed by atoms with Crippen LogP contribution in [-0.4, -0.2) is 14.9 Å². The second-order valence-electron chi connectivity index (χ2n) is 7.45. The van der Waals surface area contributed by atoms with Gasteiger partial charge in [-0.05, 0) is 42.8 Å². The van der Waals surface area contributed by atoms with Crippen LogP contribution in [0.5, 0.6) is 0 Å². The minimum absolute atomic E-state index is 0.0301. The van der Waals surface area contributed by atoms with Crippen molar-refractivity contribution in [1.29, 1.82) is 0 Å². The SMILES string of the molecule is CC(C)(C)[Si](OCCc1sccc1Br)(c1ccccc1)c1ccccc1. The molecule has 136 valence electrons. The van der Waals surface area contributed by atoms with Crippen LogP contribution in [0.1, 0.15) is 25.6 Å². The minimum atomic E-state index is -2.41. The minimum Gasteiger partial charge on any atom is -0.407 e. The summed E-state index contributed by atoms with van der Waals surface area (Å²) in [5.74, 6) is 0. The van der Waals surface area contributed by atoms with Crippen molar-refractivity contribution in [2.75, 3.05) is 6.61 Å². The van der Waals surface area contributed by atoms with Crippen LogP contribution in [0, 0.1) is 0 Å². The Morgan fingerprint density at radius 1 is 0.885 bits per heavy atom. The summed E-state index contributed by atoms with van der Waals surface area (Å²) in [6, 6.07) is 23.8. The average Bonchev–Trinajstić information content (AvgIpc) is 3.04. The second-order valence-corrected chi connectivity index (χ2v) is 13.6. The molecule has 3 aromatic rings. The largest absolute Gasteiger partial charge is 0.407 e. The van der Waals surface area contributed by atoms with Gasteiger partial charge in [0.2, 0.25) is 0 Å². The highest BCUT2D eigenvalue weighted by Gasteiger charge is 2.49. The van der Waals surface area contributed by atoms with E-state index >= 15 is 0 Å². The van der Waals surface area contributed by atoms with E-state index in [4.69, 9.17) is 4.43 Å². The number of thiophene rings is 1. The molecule has 0 saturated heterocycles. The lowest BCUT2D eigenvalue weighted by Gasteiger charge is -2.43. The van der Waals surface area contributed by atoms with Crippen LogP contribution in [0.4, 0.5) is 0 Å². The second kappa shape index (κ2) is 8.22. The van der Waals surface area contributed by atoms with Gasteiger partial charge in [-0.1, -0.05) is 81.4 Å². The summed E-state index contributed by atoms with van der Waals surface area (Å²) in [6.45, 7) is 7.69. The van der Waals surface area contributed by atoms with Crippen LogP contribution >= 0.6 is 27.3 Å². The molecule has 0 aliphatic rings. The van der Waals surface area contributed by atoms with Gasteiger partial charge >= 0.3 is 0 Å². The third-order valence-corrected chi connectivity index (χ3v) is 11.8. The van der Waals surface area contributed by atoms with Gasteiger partial charge in [-0.3, -0.25) is 0 Å². The van der Waals surface area contributed by atoms with Crippen LogP contribution in [0.3, 0.4) is 0 Å². The predicted molar refractivity (Wildman–Crippen MR) is 119 cm³/mol. The molecule has 0 aliphatic carbocycles. The van der Waals surface area contributed by atoms with E-state index in [1.165, 1.54) is 19.7 Å². The molecule has 4 heteroatoms. The van der Waals surface area contributed by atoms with Gasteiger partial charge in [0.1, 0.15) is 0 Å². The number of halogens is 1. The molecule has 0 spiro atoms. The van der Waals surface area contributed by atoms with Gasteiger partial charge in [-0.25, -0.2) is 0 Å². The van der Waals surface area contributed by atoms with Crippen molar-refractivity contribution in [1.82, 2.24) is 0 Å². The van der Waals surface area contributed by atoms with E-state index < -0.39 is 8.32 Å². The molecule has 1 nitrogen and oxygen atoms in total. The van der Waals surface area contributed by atoms with Crippen LogP contribution in [0.15, 0.2) is 76.6 Å². The Morgan fingerprint density at radius 3 is 1.85 bits per heavy atom. The molecular weight excluding hydrogens is 420 g/mol. The Kier molecular flexibility index (Phi) is 6.18. The Labute approximate surface area is 170 Å². The topological polar surface area (TPSA) is 9.23 Å². The fraction of sp³-hybridized carbons (Fsp3) is 0.273. The molecule has 0 aliphatic heterocycles. The molecule has 2 aromatic carbocycles. The Morgan fingerprint density at radius 2 is 1.42 bits per heavy atom. The third kappa shape index (κ3) is 3.89. The van der Waals surface area contributed by atoms with Crippen molar-refractivity contribution in [2.45, 2.75) is 32.2 Å². The lowest BCUT2D eigenvalue weighted by atomic mass is 10.2. The zero-order valence-electron chi connectivity index (χ0n) is 15.5. The quantitative estimate of drug-likeness (QED) is 0.447. The number of hydrogen-bond donors (Lipinski definition) is 0. The average molecular weight is 445 g/mol. The van der Waals surface area contributed by atoms with Crippen molar-refractivity contribution in [3.05, 3.63) is 81.5 Å². The standard InChI is InChI=1S/C22H25BrOSSi/c1-22(2,3)26(18-10-6-4-7-11-18,19-12-8-5-9-13-19)24-16-14-21-20(23)15-17-25-21/h4-13,15,17H,14,16H2,1-3H3. The molecule has 0 N–H and O–H groups in total. The molecule has 0 saturated carbocycles. The fourth-order valence-electron chi connectivity index (χ4n) is 3.56. The zero-order valence-corrected chi connectivity index (χ0v) is 18.9. The molecule has 1 aromatic heterocycles. The molecule has 0 atom stereocenters. The van der Waals surface area contributed by atoms with Crippen LogP contribution in [0.2, 0.25) is 5.04 Å². The van der Waals surface area contributed by atoms with Gasteiger partial charge in [0, 0.05) is 22.4 Å². The van der Waals surface area contributed by atoms with Gasteiger partial charge in [-0.15, -0.1) is 11.3 Å². The van der Waals surface area contributed by atoms with Crippen LogP contribution in [0.25, 0.3) is 0 Å². The van der Waals surface area contributed by atoms with E-state index in [-0.39, 0.29) is 5.04 Å². The number of hydrogen-bond acceptors (Lipinski definition) is 2. The molecule has 1 heterocycles. The molecule has 0 fully saturated rings. The predicted octanol–water partition coefficient (Wildman–Crippen LogP) is 5.63. The Bertz CT molecular complexity index is 785. The van der Waals surface area contributed by atoms with E-state index in [1.807, 2.05) is 0 Å². The van der Waals surface area contributed by atoms with Gasteiger partial charge in [0.05, 0.1) is 0 Å². The van der Waals surface area contributed by atoms with Crippen molar-refractivity contribution in [3.8, 4) is 0 Å². The number of rotatable bonds is 6. The molecule has 3 rings (SSSR count). The fourth-order valence-corrected chi connectivity index (χ4v) is 9.66. The van der Waals surface area contributed by atoms with Gasteiger partial charge in [0.25, 0.3) is 8.32 Å². The summed E-state index contributed by atoms with van der Waals surface area (Å²) in [7, 11) is -2.41. The van der Waals surface area contributed by atoms with E-state index in [0.29, 0.717) is 0 Å². The van der Waals surface area contributed by atoms with Crippen LogP contribution < -0.4 is 10.4 Å². The summed E-state index contributed by atoms with van der Waals surface area (Å²) in [5.41, 5.74) is 0. The van der Waals surface area contributed by atoms with E-state index in [2.05, 4.69) is 109 Å². The van der Waals surface area contributed by atoms with E-state index in [0.717, 1.165) is 13.0 Å². The van der Waals surface area contributed by atoms with Crippen molar-refractivity contribution >= 4 is 46.0 Å². The maximum absolute atomic E-state index is 6.92. The van der Waals surface area contributed by atoms with Crippen molar-refractivity contribution in [3.63, 3.8) is 0 Å². The first kappa shape index (κ1) is 19.6. The van der Waals surface area contributed by atoms with Crippen molar-refractivity contribution in [2.24, 2.45) is 0 Å². The third-order valence-electron chi connectivity index (χ3n) is 4.76. The summed E-state index contributed by atoms with van der Waals surface area (Å²) in [5, 5.41) is 4.83. The Balaban J connectivity index is 2.01. The lowest BCUT2D eigenvalue weighted by molar-refractivity contribution is 0.302. The molecule has 0 amide bonds. The summed E-state index contributed by atoms with van der Waals surface area (Å²) in [6.07, 6.45) is 0.933. The van der Waals surface area contributed by atoms with E-state index in [1.54, 1.807) is 11.3 Å². The molecule has 26 heavy (non-hydrogen) atoms. The number of benzene rings is 2. The first-order valence-electron chi connectivity index (χ1n) is 8.92. The van der Waals surface area contributed by atoms with Crippen molar-refractivity contribution < 1.29 is 4.43 Å². The molecular formula is C22H25BrOSSi. The molecule has 0 unspecified atom stereocenters. The smallest absolute Gasteiger partial charge is 0.261 e. The van der Waals surface area contributed by atoms with Gasteiger partial charge < -0.3 is 4.43 Å². The normalized spacial score (nSPS) is 12.3. The maximum atomic E-state index is 6.92. The van der Waals surface area contributed by atoms with Gasteiger partial charge in [-0.2, -0.15) is 0 Å². The molecule has 0 radical (unpaired) electrons. The first-order valence-corrected chi connectivity index (χ1v) is 12.5. The van der Waals surface area contributed by atoms with E-state index in [9.17, 15) is 0 Å². The maximum Gasteiger partial charge on any atom is 0.261 e. The first-order chi connectivity index (χ1) is 12.4. The lowest BCUT2D eigenvalue weighted by Crippen LogP contribution is -2.66. The van der Waals surface area contributed by atoms with Gasteiger partial charge in [0.15, 0.2) is 0 Å². The highest BCUT2D eigenvalue weighted by atomic mass is 79.9. The Hall–Kier alpha value is -1.20. The van der Waals surface area contributed by atoms with Crippen LogP contribution in [-0.2, 0) is 10.8 Å². The summed E-state index contributed by atoms with van der Waals surface area (Å²) >= 11 is 5.43. The zero-order chi connectivity index (χ0) is 18.6. The summed E-state index contributed by atoms with van der Waals surface area (Å²) < 4.78 is 8.11. The highest BCUT2D eigenvalue weighted by molar-refractivity contribution is 9.10.